The lowest BCUT2D eigenvalue weighted by atomic mass is 9.98. The van der Waals surface area contributed by atoms with Gasteiger partial charge in [0, 0.05) is 16.0 Å². The molecule has 1 aromatic carbocycles. The average molecular weight is 249 g/mol. The molecule has 0 fully saturated rings. The second-order valence-corrected chi connectivity index (χ2v) is 3.77. The third-order valence-corrected chi connectivity index (χ3v) is 2.71. The van der Waals surface area contributed by atoms with E-state index in [2.05, 4.69) is 15.2 Å². The molecule has 0 saturated heterocycles. The molecule has 18 heavy (non-hydrogen) atoms. The van der Waals surface area contributed by atoms with Crippen molar-refractivity contribution < 1.29 is 15.1 Å². The van der Waals surface area contributed by atoms with E-state index in [1.165, 1.54) is 0 Å². The molecule has 0 aliphatic carbocycles. The Morgan fingerprint density at radius 1 is 1.56 bits per heavy atom. The van der Waals surface area contributed by atoms with Crippen LogP contribution in [0, 0.1) is 0 Å². The molecule has 1 heterocycles. The number of oxime groups is 1. The number of ether oxygens (including phenoxy) is 1. The summed E-state index contributed by atoms with van der Waals surface area (Å²) in [6.07, 6.45) is -0.925. The molecule has 0 saturated carbocycles. The van der Waals surface area contributed by atoms with Gasteiger partial charge in [-0.25, -0.2) is 0 Å². The van der Waals surface area contributed by atoms with Gasteiger partial charge in [-0.3, -0.25) is 0 Å². The van der Waals surface area contributed by atoms with Crippen molar-refractivity contribution in [3.63, 3.8) is 0 Å². The number of nitrogens with zero attached hydrogens (tertiary/aromatic N) is 4. The maximum Gasteiger partial charge on any atom is 0.170 e. The number of aliphatic hydroxyl groups is 1. The molecule has 0 spiro atoms. The summed E-state index contributed by atoms with van der Waals surface area (Å²) in [5, 5.41) is 24.9. The predicted molar refractivity (Wildman–Crippen MR) is 62.3 cm³/mol. The summed E-state index contributed by atoms with van der Waals surface area (Å²) in [4.78, 5) is 2.65. The Bertz CT molecular complexity index is 538. The van der Waals surface area contributed by atoms with Gasteiger partial charge in [0.05, 0.1) is 12.7 Å². The molecule has 0 radical (unpaired) electrons. The van der Waals surface area contributed by atoms with Crippen LogP contribution in [0.2, 0.25) is 0 Å². The number of nitrogens with two attached hydrogens (primary N) is 1. The quantitative estimate of drug-likeness (QED) is 0.136. The summed E-state index contributed by atoms with van der Waals surface area (Å²) in [7, 11) is 0. The lowest BCUT2D eigenvalue weighted by molar-refractivity contribution is 0.0917. The first-order chi connectivity index (χ1) is 8.67. The van der Waals surface area contributed by atoms with E-state index in [1.807, 2.05) is 0 Å². The summed E-state index contributed by atoms with van der Waals surface area (Å²) in [6, 6.07) is 4.07. The van der Waals surface area contributed by atoms with Crippen molar-refractivity contribution >= 4 is 5.84 Å². The standard InChI is InChI=1S/C10H11N5O3/c11-10(14-17)5-1-2-6-8(3-5)18-4-7(9(6)16)13-15-12/h1-3,7,9,16-17H,4H2,(H2,11,14)/t7-,9+/m1/s1. The summed E-state index contributed by atoms with van der Waals surface area (Å²) in [6.45, 7) is 0.0812. The van der Waals surface area contributed by atoms with E-state index in [4.69, 9.17) is 21.2 Å². The van der Waals surface area contributed by atoms with Gasteiger partial charge in [-0.15, -0.1) is 0 Å². The molecule has 1 aromatic rings. The average Bonchev–Trinajstić information content (AvgIpc) is 2.41. The second kappa shape index (κ2) is 4.82. The van der Waals surface area contributed by atoms with Crippen molar-refractivity contribution in [1.82, 2.24) is 0 Å². The van der Waals surface area contributed by atoms with Crippen molar-refractivity contribution in [3.8, 4) is 5.75 Å². The molecule has 1 aliphatic rings. The molecule has 1 aliphatic heterocycles. The topological polar surface area (TPSA) is 137 Å². The Kier molecular flexibility index (Phi) is 3.22. The second-order valence-electron chi connectivity index (χ2n) is 3.77. The zero-order valence-electron chi connectivity index (χ0n) is 9.26. The van der Waals surface area contributed by atoms with Crippen molar-refractivity contribution in [2.24, 2.45) is 16.0 Å². The van der Waals surface area contributed by atoms with Crippen LogP contribution >= 0.6 is 0 Å². The van der Waals surface area contributed by atoms with Gasteiger partial charge in [0.25, 0.3) is 0 Å². The number of aliphatic hydroxyl groups excluding tert-OH is 1. The lowest BCUT2D eigenvalue weighted by Gasteiger charge is -2.27. The van der Waals surface area contributed by atoms with Crippen LogP contribution in [0.4, 0.5) is 0 Å². The van der Waals surface area contributed by atoms with Gasteiger partial charge in [0.2, 0.25) is 0 Å². The molecular weight excluding hydrogens is 238 g/mol. The van der Waals surface area contributed by atoms with E-state index in [9.17, 15) is 5.11 Å². The van der Waals surface area contributed by atoms with Crippen molar-refractivity contribution in [1.29, 1.82) is 0 Å². The maximum absolute atomic E-state index is 9.98. The zero-order valence-corrected chi connectivity index (χ0v) is 9.26. The Balaban J connectivity index is 2.37. The zero-order chi connectivity index (χ0) is 13.1. The van der Waals surface area contributed by atoms with Gasteiger partial charge >= 0.3 is 0 Å². The minimum absolute atomic E-state index is 0.0481. The van der Waals surface area contributed by atoms with Crippen LogP contribution in [0.15, 0.2) is 28.5 Å². The maximum atomic E-state index is 9.98. The highest BCUT2D eigenvalue weighted by Crippen LogP contribution is 2.34. The van der Waals surface area contributed by atoms with Crippen molar-refractivity contribution in [3.05, 3.63) is 39.8 Å². The first-order valence-electron chi connectivity index (χ1n) is 5.14. The summed E-state index contributed by atoms with van der Waals surface area (Å²) < 4.78 is 5.38. The van der Waals surface area contributed by atoms with E-state index in [-0.39, 0.29) is 12.4 Å². The summed E-state index contributed by atoms with van der Waals surface area (Å²) >= 11 is 0. The molecule has 0 aromatic heterocycles. The minimum atomic E-state index is -0.925. The van der Waals surface area contributed by atoms with Gasteiger partial charge in [-0.05, 0) is 11.6 Å². The Morgan fingerprint density at radius 2 is 2.33 bits per heavy atom. The normalized spacial score (nSPS) is 22.6. The third-order valence-electron chi connectivity index (χ3n) is 2.71. The fourth-order valence-corrected chi connectivity index (χ4v) is 1.76. The minimum Gasteiger partial charge on any atom is -0.493 e. The monoisotopic (exact) mass is 249 g/mol. The highest BCUT2D eigenvalue weighted by Gasteiger charge is 2.28. The molecule has 94 valence electrons. The molecular formula is C10H11N5O3. The molecule has 2 atom stereocenters. The Hall–Kier alpha value is -2.44. The fourth-order valence-electron chi connectivity index (χ4n) is 1.76. The largest absolute Gasteiger partial charge is 0.493 e. The summed E-state index contributed by atoms with van der Waals surface area (Å²) in [5.74, 6) is 0.379. The molecule has 0 amide bonds. The third kappa shape index (κ3) is 2.02. The number of hydrogen-bond donors (Lipinski definition) is 3. The first kappa shape index (κ1) is 12.0. The lowest BCUT2D eigenvalue weighted by Crippen LogP contribution is -2.29. The number of rotatable bonds is 2. The molecule has 0 bridgehead atoms. The van der Waals surface area contributed by atoms with Crippen LogP contribution in [0.3, 0.4) is 0 Å². The molecule has 0 unspecified atom stereocenters. The Morgan fingerprint density at radius 3 is 3.00 bits per heavy atom. The van der Waals surface area contributed by atoms with Crippen molar-refractivity contribution in [2.75, 3.05) is 6.61 Å². The van der Waals surface area contributed by atoms with Crippen LogP contribution in [-0.2, 0) is 0 Å². The van der Waals surface area contributed by atoms with Gasteiger partial charge in [-0.2, -0.15) is 0 Å². The van der Waals surface area contributed by atoms with E-state index in [0.717, 1.165) is 0 Å². The van der Waals surface area contributed by atoms with Gasteiger partial charge in [0.1, 0.15) is 11.8 Å². The Labute approximate surface area is 102 Å². The molecule has 2 rings (SSSR count). The smallest absolute Gasteiger partial charge is 0.170 e. The number of fused-ring (bicyclic) bond motifs is 1. The number of hydrogen-bond acceptors (Lipinski definition) is 5. The fraction of sp³-hybridized carbons (Fsp3) is 0.300. The van der Waals surface area contributed by atoms with Crippen LogP contribution in [0.25, 0.3) is 10.4 Å². The van der Waals surface area contributed by atoms with Gasteiger partial charge in [-0.1, -0.05) is 22.4 Å². The number of benzene rings is 1. The van der Waals surface area contributed by atoms with E-state index in [1.54, 1.807) is 18.2 Å². The number of amidine groups is 1. The van der Waals surface area contributed by atoms with E-state index in [0.29, 0.717) is 16.9 Å². The van der Waals surface area contributed by atoms with Crippen LogP contribution in [0.1, 0.15) is 17.2 Å². The first-order valence-corrected chi connectivity index (χ1v) is 5.14. The summed E-state index contributed by atoms with van der Waals surface area (Å²) in [5.41, 5.74) is 14.8. The predicted octanol–water partition coefficient (Wildman–Crippen LogP) is 0.886. The highest BCUT2D eigenvalue weighted by molar-refractivity contribution is 5.97. The van der Waals surface area contributed by atoms with Crippen LogP contribution in [0.5, 0.6) is 5.75 Å². The molecule has 8 nitrogen and oxygen atoms in total. The van der Waals surface area contributed by atoms with Gasteiger partial charge in [0.15, 0.2) is 5.84 Å². The van der Waals surface area contributed by atoms with Crippen LogP contribution < -0.4 is 10.5 Å². The van der Waals surface area contributed by atoms with E-state index >= 15 is 0 Å². The highest BCUT2D eigenvalue weighted by atomic mass is 16.5. The van der Waals surface area contributed by atoms with E-state index < -0.39 is 12.1 Å². The van der Waals surface area contributed by atoms with Crippen molar-refractivity contribution in [2.45, 2.75) is 12.1 Å². The number of azide groups is 1. The molecule has 8 heteroatoms. The van der Waals surface area contributed by atoms with Crippen LogP contribution in [-0.4, -0.2) is 28.8 Å². The molecule has 4 N–H and O–H groups in total. The SMILES string of the molecule is [N-]=[N+]=N[C@@H]1COc2cc(C(N)=NO)ccc2[C@@H]1O. The van der Waals surface area contributed by atoms with Gasteiger partial charge < -0.3 is 20.8 Å².